The van der Waals surface area contributed by atoms with E-state index in [-0.39, 0.29) is 6.03 Å². The zero-order valence-corrected chi connectivity index (χ0v) is 17.5. The standard InChI is InChI=1S/C23H33N3O/c1-16(2)20-8-7-9-21(17(3)4)22(20)25-23(27)24-14-18-10-12-19(13-11-18)15-26(5)6/h7-13,16-17H,14-15H2,1-6H3,(H2,24,25,27). The number of hydrogen-bond acceptors (Lipinski definition) is 2. The molecule has 0 radical (unpaired) electrons. The predicted molar refractivity (Wildman–Crippen MR) is 114 cm³/mol. The minimum atomic E-state index is -0.164. The molecule has 0 atom stereocenters. The second-order valence-corrected chi connectivity index (χ2v) is 7.98. The molecule has 0 fully saturated rings. The van der Waals surface area contributed by atoms with Crippen LogP contribution in [0.4, 0.5) is 10.5 Å². The van der Waals surface area contributed by atoms with Crippen molar-refractivity contribution in [3.8, 4) is 0 Å². The molecule has 2 aromatic carbocycles. The Kier molecular flexibility index (Phi) is 7.43. The van der Waals surface area contributed by atoms with E-state index in [1.165, 1.54) is 16.7 Å². The Balaban J connectivity index is 2.04. The Morgan fingerprint density at radius 2 is 1.41 bits per heavy atom. The largest absolute Gasteiger partial charge is 0.334 e. The highest BCUT2D eigenvalue weighted by Gasteiger charge is 2.15. The topological polar surface area (TPSA) is 44.4 Å². The zero-order chi connectivity index (χ0) is 20.0. The fourth-order valence-electron chi connectivity index (χ4n) is 3.16. The summed E-state index contributed by atoms with van der Waals surface area (Å²) >= 11 is 0. The lowest BCUT2D eigenvalue weighted by Crippen LogP contribution is -2.29. The van der Waals surface area contributed by atoms with Crippen molar-refractivity contribution in [1.82, 2.24) is 10.2 Å². The first kappa shape index (κ1) is 21.0. The number of carbonyl (C=O) groups is 1. The van der Waals surface area contributed by atoms with Crippen molar-refractivity contribution in [2.45, 2.75) is 52.6 Å². The monoisotopic (exact) mass is 367 g/mol. The van der Waals surface area contributed by atoms with E-state index in [2.05, 4.69) is 99.8 Å². The summed E-state index contributed by atoms with van der Waals surface area (Å²) in [6.45, 7) is 10.0. The first-order valence-electron chi connectivity index (χ1n) is 9.68. The number of anilines is 1. The molecule has 2 amide bonds. The van der Waals surface area contributed by atoms with Crippen molar-refractivity contribution >= 4 is 11.7 Å². The van der Waals surface area contributed by atoms with E-state index in [0.29, 0.717) is 18.4 Å². The Morgan fingerprint density at radius 1 is 0.889 bits per heavy atom. The van der Waals surface area contributed by atoms with Crippen LogP contribution in [0.5, 0.6) is 0 Å². The molecule has 4 nitrogen and oxygen atoms in total. The van der Waals surface area contributed by atoms with Gasteiger partial charge in [-0.1, -0.05) is 70.2 Å². The molecule has 0 saturated carbocycles. The Bertz CT molecular complexity index is 722. The lowest BCUT2D eigenvalue weighted by atomic mass is 9.93. The minimum Gasteiger partial charge on any atom is -0.334 e. The molecular formula is C23H33N3O. The van der Waals surface area contributed by atoms with Gasteiger partial charge in [-0.25, -0.2) is 4.79 Å². The molecule has 0 saturated heterocycles. The highest BCUT2D eigenvalue weighted by molar-refractivity contribution is 5.91. The van der Waals surface area contributed by atoms with Crippen molar-refractivity contribution in [2.75, 3.05) is 19.4 Å². The Hall–Kier alpha value is -2.33. The van der Waals surface area contributed by atoms with Crippen LogP contribution in [0, 0.1) is 0 Å². The van der Waals surface area contributed by atoms with Crippen LogP contribution in [-0.4, -0.2) is 25.0 Å². The van der Waals surface area contributed by atoms with Crippen molar-refractivity contribution < 1.29 is 4.79 Å². The third kappa shape index (κ3) is 6.10. The molecule has 0 aliphatic rings. The summed E-state index contributed by atoms with van der Waals surface area (Å²) in [5.41, 5.74) is 5.64. The molecule has 2 N–H and O–H groups in total. The van der Waals surface area contributed by atoms with E-state index in [1.807, 2.05) is 0 Å². The quantitative estimate of drug-likeness (QED) is 0.696. The van der Waals surface area contributed by atoms with Crippen LogP contribution in [0.25, 0.3) is 0 Å². The number of carbonyl (C=O) groups excluding carboxylic acids is 1. The lowest BCUT2D eigenvalue weighted by molar-refractivity contribution is 0.251. The van der Waals surface area contributed by atoms with E-state index in [9.17, 15) is 4.79 Å². The van der Waals surface area contributed by atoms with Gasteiger partial charge in [-0.2, -0.15) is 0 Å². The summed E-state index contributed by atoms with van der Waals surface area (Å²) in [6.07, 6.45) is 0. The van der Waals surface area contributed by atoms with Crippen LogP contribution < -0.4 is 10.6 Å². The third-order valence-corrected chi connectivity index (χ3v) is 4.59. The van der Waals surface area contributed by atoms with Gasteiger partial charge in [-0.05, 0) is 48.2 Å². The van der Waals surface area contributed by atoms with Gasteiger partial charge in [0, 0.05) is 18.8 Å². The highest BCUT2D eigenvalue weighted by atomic mass is 16.2. The number of hydrogen-bond donors (Lipinski definition) is 2. The van der Waals surface area contributed by atoms with Crippen LogP contribution >= 0.6 is 0 Å². The van der Waals surface area contributed by atoms with Crippen LogP contribution in [-0.2, 0) is 13.1 Å². The molecule has 0 aromatic heterocycles. The lowest BCUT2D eigenvalue weighted by Gasteiger charge is -2.20. The second-order valence-electron chi connectivity index (χ2n) is 7.98. The average Bonchev–Trinajstić information content (AvgIpc) is 2.60. The van der Waals surface area contributed by atoms with Crippen molar-refractivity contribution in [1.29, 1.82) is 0 Å². The molecule has 146 valence electrons. The van der Waals surface area contributed by atoms with E-state index in [0.717, 1.165) is 17.8 Å². The summed E-state index contributed by atoms with van der Waals surface area (Å²) in [4.78, 5) is 14.7. The van der Waals surface area contributed by atoms with Crippen LogP contribution in [0.1, 0.15) is 61.8 Å². The minimum absolute atomic E-state index is 0.164. The van der Waals surface area contributed by atoms with Crippen molar-refractivity contribution in [3.63, 3.8) is 0 Å². The molecular weight excluding hydrogens is 334 g/mol. The molecule has 0 unspecified atom stereocenters. The summed E-state index contributed by atoms with van der Waals surface area (Å²) in [7, 11) is 4.11. The summed E-state index contributed by atoms with van der Waals surface area (Å²) in [6, 6.07) is 14.5. The van der Waals surface area contributed by atoms with E-state index in [1.54, 1.807) is 0 Å². The number of urea groups is 1. The van der Waals surface area contributed by atoms with Crippen LogP contribution in [0.15, 0.2) is 42.5 Å². The highest BCUT2D eigenvalue weighted by Crippen LogP contribution is 2.32. The summed E-state index contributed by atoms with van der Waals surface area (Å²) < 4.78 is 0. The molecule has 0 bridgehead atoms. The molecule has 0 heterocycles. The van der Waals surface area contributed by atoms with Crippen LogP contribution in [0.3, 0.4) is 0 Å². The molecule has 4 heteroatoms. The van der Waals surface area contributed by atoms with Gasteiger partial charge >= 0.3 is 6.03 Å². The number of benzene rings is 2. The number of amides is 2. The van der Waals surface area contributed by atoms with Gasteiger partial charge in [-0.3, -0.25) is 0 Å². The van der Waals surface area contributed by atoms with Crippen LogP contribution in [0.2, 0.25) is 0 Å². The first-order valence-corrected chi connectivity index (χ1v) is 9.68. The molecule has 27 heavy (non-hydrogen) atoms. The normalized spacial score (nSPS) is 11.3. The number of nitrogens with one attached hydrogen (secondary N) is 2. The summed E-state index contributed by atoms with van der Waals surface area (Å²) in [5, 5.41) is 6.07. The smallest absolute Gasteiger partial charge is 0.319 e. The third-order valence-electron chi connectivity index (χ3n) is 4.59. The average molecular weight is 368 g/mol. The maximum absolute atomic E-state index is 12.5. The number of rotatable bonds is 7. The SMILES string of the molecule is CC(C)c1cccc(C(C)C)c1NC(=O)NCc1ccc(CN(C)C)cc1. The van der Waals surface area contributed by atoms with Gasteiger partial charge in [0.25, 0.3) is 0 Å². The zero-order valence-electron chi connectivity index (χ0n) is 17.5. The number of nitrogens with zero attached hydrogens (tertiary/aromatic N) is 1. The Labute approximate surface area is 164 Å². The first-order chi connectivity index (χ1) is 12.8. The second kappa shape index (κ2) is 9.56. The van der Waals surface area contributed by atoms with Crippen molar-refractivity contribution in [2.24, 2.45) is 0 Å². The maximum atomic E-state index is 12.5. The van der Waals surface area contributed by atoms with Gasteiger partial charge in [-0.15, -0.1) is 0 Å². The van der Waals surface area contributed by atoms with E-state index in [4.69, 9.17) is 0 Å². The molecule has 2 aromatic rings. The fraction of sp³-hybridized carbons (Fsp3) is 0.435. The van der Waals surface area contributed by atoms with Gasteiger partial charge in [0.15, 0.2) is 0 Å². The van der Waals surface area contributed by atoms with Gasteiger partial charge in [0.2, 0.25) is 0 Å². The maximum Gasteiger partial charge on any atom is 0.319 e. The van der Waals surface area contributed by atoms with E-state index >= 15 is 0 Å². The fourth-order valence-corrected chi connectivity index (χ4v) is 3.16. The number of para-hydroxylation sites is 1. The Morgan fingerprint density at radius 3 is 1.89 bits per heavy atom. The predicted octanol–water partition coefficient (Wildman–Crippen LogP) is 5.32. The molecule has 0 aliphatic heterocycles. The van der Waals surface area contributed by atoms with Gasteiger partial charge < -0.3 is 15.5 Å². The van der Waals surface area contributed by atoms with Crippen molar-refractivity contribution in [3.05, 3.63) is 64.7 Å². The van der Waals surface area contributed by atoms with Gasteiger partial charge in [0.1, 0.15) is 0 Å². The molecule has 2 rings (SSSR count). The molecule has 0 spiro atoms. The molecule has 0 aliphatic carbocycles. The summed E-state index contributed by atoms with van der Waals surface area (Å²) in [5.74, 6) is 0.700. The van der Waals surface area contributed by atoms with Gasteiger partial charge in [0.05, 0.1) is 0 Å². The van der Waals surface area contributed by atoms with E-state index < -0.39 is 0 Å².